The maximum absolute atomic E-state index is 9.32. The standard InChI is InChI=1S/C4H10O2.C2H3BrO2/c1-2-3-4(5)6;3-1-2(4)5/h4-6H,2-3H2,1H3;1H2,(H,4,5). The van der Waals surface area contributed by atoms with E-state index in [1.165, 1.54) is 0 Å². The zero-order valence-electron chi connectivity index (χ0n) is 6.33. The fourth-order valence-corrected chi connectivity index (χ4v) is 0.258. The Morgan fingerprint density at radius 1 is 1.55 bits per heavy atom. The summed E-state index contributed by atoms with van der Waals surface area (Å²) in [5.41, 5.74) is 0. The molecule has 68 valence electrons. The van der Waals surface area contributed by atoms with Crippen LogP contribution in [0.4, 0.5) is 0 Å². The number of aliphatic hydroxyl groups excluding tert-OH is 1. The summed E-state index contributed by atoms with van der Waals surface area (Å²) in [6, 6.07) is 0. The monoisotopic (exact) mass is 228 g/mol. The van der Waals surface area contributed by atoms with Crippen LogP contribution in [0.5, 0.6) is 0 Å². The molecule has 5 heteroatoms. The molecule has 0 rings (SSSR count). The van der Waals surface area contributed by atoms with Crippen LogP contribution in [-0.2, 0) is 4.79 Å². The van der Waals surface area contributed by atoms with Gasteiger partial charge in [-0.25, -0.2) is 0 Å². The van der Waals surface area contributed by atoms with Gasteiger partial charge in [-0.3, -0.25) is 4.79 Å². The first-order valence-electron chi connectivity index (χ1n) is 3.18. The molecule has 11 heavy (non-hydrogen) atoms. The van der Waals surface area contributed by atoms with Gasteiger partial charge in [-0.15, -0.1) is 0 Å². The van der Waals surface area contributed by atoms with Crippen molar-refractivity contribution in [3.8, 4) is 0 Å². The topological polar surface area (TPSA) is 77.8 Å². The van der Waals surface area contributed by atoms with E-state index < -0.39 is 12.3 Å². The van der Waals surface area contributed by atoms with Gasteiger partial charge in [-0.05, 0) is 6.42 Å². The normalized spacial score (nSPS) is 8.82. The summed E-state index contributed by atoms with van der Waals surface area (Å²) in [7, 11) is 0. The van der Waals surface area contributed by atoms with E-state index in [0.29, 0.717) is 6.42 Å². The zero-order valence-corrected chi connectivity index (χ0v) is 7.91. The molecule has 0 amide bonds. The second kappa shape index (κ2) is 9.87. The Hall–Kier alpha value is -0.130. The van der Waals surface area contributed by atoms with E-state index in [4.69, 9.17) is 15.3 Å². The Balaban J connectivity index is 0. The lowest BCUT2D eigenvalue weighted by Gasteiger charge is -1.94. The molecular formula is C6H13BrO4. The average molecular weight is 229 g/mol. The van der Waals surface area contributed by atoms with E-state index >= 15 is 0 Å². The summed E-state index contributed by atoms with van der Waals surface area (Å²) < 4.78 is 0. The Labute approximate surface area is 74.0 Å². The number of aliphatic carboxylic acids is 1. The molecule has 0 saturated carbocycles. The summed E-state index contributed by atoms with van der Waals surface area (Å²) in [5, 5.41) is 23.9. The van der Waals surface area contributed by atoms with Crippen LogP contribution in [0.15, 0.2) is 0 Å². The highest BCUT2D eigenvalue weighted by Gasteiger charge is 1.89. The number of carbonyl (C=O) groups is 1. The third-order valence-electron chi connectivity index (χ3n) is 0.661. The molecule has 0 bridgehead atoms. The largest absolute Gasteiger partial charge is 0.481 e. The Bertz CT molecular complexity index is 94.6. The van der Waals surface area contributed by atoms with E-state index in [0.717, 1.165) is 6.42 Å². The molecule has 0 aliphatic carbocycles. The second-order valence-electron chi connectivity index (χ2n) is 1.80. The number of hydrogen-bond donors (Lipinski definition) is 3. The van der Waals surface area contributed by atoms with Crippen LogP contribution in [0.2, 0.25) is 0 Å². The lowest BCUT2D eigenvalue weighted by atomic mass is 10.3. The number of carboxylic acid groups (broad SMARTS) is 1. The van der Waals surface area contributed by atoms with Crippen LogP contribution in [0.1, 0.15) is 19.8 Å². The minimum absolute atomic E-state index is 0.0347. The zero-order chi connectivity index (χ0) is 9.28. The van der Waals surface area contributed by atoms with Gasteiger partial charge in [0, 0.05) is 0 Å². The Kier molecular flexibility index (Phi) is 12.1. The molecule has 0 unspecified atom stereocenters. The van der Waals surface area contributed by atoms with Crippen molar-refractivity contribution in [1.82, 2.24) is 0 Å². The lowest BCUT2D eigenvalue weighted by molar-refractivity contribution is -0.133. The number of alkyl halides is 1. The summed E-state index contributed by atoms with van der Waals surface area (Å²) in [6.07, 6.45) is 0.215. The van der Waals surface area contributed by atoms with Gasteiger partial charge in [0.1, 0.15) is 5.33 Å². The first-order valence-corrected chi connectivity index (χ1v) is 4.30. The molecule has 0 heterocycles. The SMILES string of the molecule is CCCC(O)O.O=C(O)CBr. The molecule has 0 aromatic carbocycles. The highest BCUT2D eigenvalue weighted by molar-refractivity contribution is 9.09. The first-order chi connectivity index (χ1) is 5.04. The molecule has 0 spiro atoms. The second-order valence-corrected chi connectivity index (χ2v) is 2.36. The highest BCUT2D eigenvalue weighted by atomic mass is 79.9. The number of aliphatic hydroxyl groups is 2. The third kappa shape index (κ3) is 25.8. The van der Waals surface area contributed by atoms with Crippen LogP contribution in [0, 0.1) is 0 Å². The van der Waals surface area contributed by atoms with Gasteiger partial charge in [0.2, 0.25) is 0 Å². The molecule has 0 aromatic heterocycles. The van der Waals surface area contributed by atoms with Crippen molar-refractivity contribution in [2.75, 3.05) is 5.33 Å². The van der Waals surface area contributed by atoms with Gasteiger partial charge in [-0.2, -0.15) is 0 Å². The van der Waals surface area contributed by atoms with Crippen LogP contribution in [0.25, 0.3) is 0 Å². The average Bonchev–Trinajstić information content (AvgIpc) is 1.89. The van der Waals surface area contributed by atoms with Crippen LogP contribution in [0.3, 0.4) is 0 Å². The Morgan fingerprint density at radius 2 is 1.91 bits per heavy atom. The van der Waals surface area contributed by atoms with Crippen LogP contribution < -0.4 is 0 Å². The molecule has 0 aliphatic rings. The van der Waals surface area contributed by atoms with Crippen molar-refractivity contribution < 1.29 is 20.1 Å². The third-order valence-corrected chi connectivity index (χ3v) is 1.14. The van der Waals surface area contributed by atoms with Gasteiger partial charge < -0.3 is 15.3 Å². The molecule has 0 aromatic rings. The van der Waals surface area contributed by atoms with Crippen LogP contribution >= 0.6 is 15.9 Å². The summed E-state index contributed by atoms with van der Waals surface area (Å²) in [6.45, 7) is 1.90. The smallest absolute Gasteiger partial charge is 0.314 e. The molecule has 0 fully saturated rings. The van der Waals surface area contributed by atoms with E-state index in [9.17, 15) is 4.79 Å². The molecule has 0 atom stereocenters. The van der Waals surface area contributed by atoms with Crippen LogP contribution in [-0.4, -0.2) is 32.9 Å². The van der Waals surface area contributed by atoms with Crippen molar-refractivity contribution >= 4 is 21.9 Å². The quantitative estimate of drug-likeness (QED) is 0.488. The lowest BCUT2D eigenvalue weighted by Crippen LogP contribution is -2.01. The molecule has 4 nitrogen and oxygen atoms in total. The minimum atomic E-state index is -1.10. The Morgan fingerprint density at radius 3 is 1.91 bits per heavy atom. The number of hydrogen-bond acceptors (Lipinski definition) is 3. The van der Waals surface area contributed by atoms with Crippen molar-refractivity contribution in [1.29, 1.82) is 0 Å². The van der Waals surface area contributed by atoms with E-state index in [1.54, 1.807) is 0 Å². The van der Waals surface area contributed by atoms with Crippen molar-refractivity contribution in [3.63, 3.8) is 0 Å². The number of rotatable bonds is 3. The van der Waals surface area contributed by atoms with Gasteiger partial charge >= 0.3 is 5.97 Å². The van der Waals surface area contributed by atoms with Gasteiger partial charge in [0.05, 0.1) is 0 Å². The van der Waals surface area contributed by atoms with E-state index in [1.807, 2.05) is 6.92 Å². The number of halogens is 1. The van der Waals surface area contributed by atoms with Gasteiger partial charge in [0.25, 0.3) is 0 Å². The van der Waals surface area contributed by atoms with Gasteiger partial charge in [0.15, 0.2) is 6.29 Å². The van der Waals surface area contributed by atoms with Crippen molar-refractivity contribution in [2.24, 2.45) is 0 Å². The fraction of sp³-hybridized carbons (Fsp3) is 0.833. The van der Waals surface area contributed by atoms with Crippen molar-refractivity contribution in [3.05, 3.63) is 0 Å². The van der Waals surface area contributed by atoms with E-state index in [-0.39, 0.29) is 5.33 Å². The maximum atomic E-state index is 9.32. The first kappa shape index (κ1) is 13.5. The molecule has 0 saturated heterocycles. The minimum Gasteiger partial charge on any atom is -0.481 e. The highest BCUT2D eigenvalue weighted by Crippen LogP contribution is 1.88. The summed E-state index contributed by atoms with van der Waals surface area (Å²) in [5.74, 6) is -0.829. The maximum Gasteiger partial charge on any atom is 0.314 e. The predicted octanol–water partition coefficient (Wildman–Crippen LogP) is 0.563. The molecule has 0 radical (unpaired) electrons. The molecular weight excluding hydrogens is 216 g/mol. The van der Waals surface area contributed by atoms with Crippen molar-refractivity contribution in [2.45, 2.75) is 26.1 Å². The molecule has 3 N–H and O–H groups in total. The number of carboxylic acids is 1. The van der Waals surface area contributed by atoms with E-state index in [2.05, 4.69) is 15.9 Å². The molecule has 0 aliphatic heterocycles. The van der Waals surface area contributed by atoms with Gasteiger partial charge in [-0.1, -0.05) is 29.3 Å². The predicted molar refractivity (Wildman–Crippen MR) is 44.6 cm³/mol. The fourth-order valence-electron chi connectivity index (χ4n) is 0.258. The summed E-state index contributed by atoms with van der Waals surface area (Å²) >= 11 is 2.71. The summed E-state index contributed by atoms with van der Waals surface area (Å²) in [4.78, 5) is 9.32.